The third-order valence-electron chi connectivity index (χ3n) is 8.70. The van der Waals surface area contributed by atoms with Crippen LogP contribution in [-0.2, 0) is 56.1 Å². The molecule has 1 aliphatic rings. The Morgan fingerprint density at radius 2 is 1.68 bits per heavy atom. The smallest absolute Gasteiger partial charge is 0.352 e. The number of aromatic nitrogens is 3. The van der Waals surface area contributed by atoms with Crippen molar-refractivity contribution in [3.05, 3.63) is 64.1 Å². The van der Waals surface area contributed by atoms with E-state index >= 15 is 0 Å². The first-order chi connectivity index (χ1) is 23.5. The second kappa shape index (κ2) is 15.3. The summed E-state index contributed by atoms with van der Waals surface area (Å²) < 4.78 is 65.8. The Labute approximate surface area is 310 Å². The van der Waals surface area contributed by atoms with Crippen molar-refractivity contribution in [2.45, 2.75) is 23.9 Å². The van der Waals surface area contributed by atoms with E-state index < -0.39 is 26.3 Å². The summed E-state index contributed by atoms with van der Waals surface area (Å²) in [6.45, 7) is 1.99. The molecule has 2 aromatic heterocycles. The van der Waals surface area contributed by atoms with Gasteiger partial charge < -0.3 is 19.3 Å². The number of rotatable bonds is 14. The van der Waals surface area contributed by atoms with Gasteiger partial charge in [-0.25, -0.2) is 4.79 Å². The third-order valence-corrected chi connectivity index (χ3v) is 12.3. The summed E-state index contributed by atoms with van der Waals surface area (Å²) in [5.74, 6) is -0.488. The second-order valence-electron chi connectivity index (χ2n) is 12.1. The molecule has 1 N–H and O–H groups in total. The topological polar surface area (TPSA) is 157 Å². The van der Waals surface area contributed by atoms with E-state index in [9.17, 15) is 26.7 Å². The average Bonchev–Trinajstić information content (AvgIpc) is 3.54. The number of carboxylic acids is 1. The molecule has 50 heavy (non-hydrogen) atoms. The Balaban J connectivity index is 1.42. The van der Waals surface area contributed by atoms with Crippen LogP contribution in [0.25, 0.3) is 22.0 Å². The summed E-state index contributed by atoms with van der Waals surface area (Å²) in [5.41, 5.74) is 5.12. The summed E-state index contributed by atoms with van der Waals surface area (Å²) in [6.07, 6.45) is 1.55. The van der Waals surface area contributed by atoms with E-state index in [-0.39, 0.29) is 25.3 Å². The summed E-state index contributed by atoms with van der Waals surface area (Å²) in [5, 5.41) is 16.1. The molecule has 1 fully saturated rings. The lowest BCUT2D eigenvalue weighted by molar-refractivity contribution is 0.0685. The van der Waals surface area contributed by atoms with Gasteiger partial charge in [-0.05, 0) is 48.7 Å². The number of piperazine rings is 1. The van der Waals surface area contributed by atoms with Crippen LogP contribution in [0.5, 0.6) is 5.75 Å². The quantitative estimate of drug-likeness (QED) is 0.0841. The normalized spacial score (nSPS) is 14.6. The minimum Gasteiger partial charge on any atom is -0.487 e. The predicted molar refractivity (Wildman–Crippen MR) is 201 cm³/mol. The summed E-state index contributed by atoms with van der Waals surface area (Å²) in [4.78, 5) is 14.7. The van der Waals surface area contributed by atoms with Crippen LogP contribution >= 0.6 is 34.2 Å². The molecule has 272 valence electrons. The van der Waals surface area contributed by atoms with Gasteiger partial charge in [0.05, 0.1) is 34.8 Å². The Hall–Kier alpha value is -2.94. The van der Waals surface area contributed by atoms with Gasteiger partial charge in [0, 0.05) is 81.0 Å². The first-order valence-electron chi connectivity index (χ1n) is 15.7. The number of hydrogen-bond donors (Lipinski definition) is 1. The molecular weight excluding hydrogens is 823 g/mol. The molecule has 0 bridgehead atoms. The van der Waals surface area contributed by atoms with Crippen molar-refractivity contribution >= 4 is 77.1 Å². The molecule has 0 radical (unpaired) electrons. The number of aromatic carboxylic acids is 1. The van der Waals surface area contributed by atoms with Gasteiger partial charge in [0.1, 0.15) is 18.1 Å². The van der Waals surface area contributed by atoms with Gasteiger partial charge in [0.2, 0.25) is 0 Å². The maximum absolute atomic E-state index is 12.5. The molecule has 0 spiro atoms. The highest BCUT2D eigenvalue weighted by Crippen LogP contribution is 2.42. The third kappa shape index (κ3) is 7.93. The van der Waals surface area contributed by atoms with Gasteiger partial charge >= 0.3 is 5.97 Å². The van der Waals surface area contributed by atoms with Gasteiger partial charge in [-0.2, -0.15) is 30.5 Å². The fraction of sp³-hybridized carbons (Fsp3) is 0.438. The number of ether oxygens (including phenoxy) is 1. The Morgan fingerprint density at radius 3 is 2.26 bits per heavy atom. The fourth-order valence-corrected chi connectivity index (χ4v) is 8.59. The molecule has 2 aromatic carbocycles. The van der Waals surface area contributed by atoms with Crippen LogP contribution in [0.3, 0.4) is 0 Å². The molecule has 0 saturated carbocycles. The fourth-order valence-electron chi connectivity index (χ4n) is 6.30. The first kappa shape index (κ1) is 38.3. The number of anilines is 1. The SMILES string of the molecule is CN(C)S(=O)(=O)N1CCN(c2ccc(OCc3c(-c4c(Cl)ccc5c(CCCOS(C)(=O)=O)c(C(=O)O)n(C)c45)c(CI)nn3C)cc2)CC1. The summed E-state index contributed by atoms with van der Waals surface area (Å²) >= 11 is 9.16. The van der Waals surface area contributed by atoms with Gasteiger partial charge in [-0.15, -0.1) is 0 Å². The number of nitrogens with zero attached hydrogens (tertiary/aromatic N) is 6. The van der Waals surface area contributed by atoms with Crippen molar-refractivity contribution in [1.29, 1.82) is 0 Å². The van der Waals surface area contributed by atoms with Crippen molar-refractivity contribution < 1.29 is 35.7 Å². The number of fused-ring (bicyclic) bond motifs is 1. The van der Waals surface area contributed by atoms with E-state index in [2.05, 4.69) is 27.5 Å². The molecule has 1 saturated heterocycles. The molecule has 18 heteroatoms. The molecule has 5 rings (SSSR count). The molecule has 3 heterocycles. The molecule has 0 atom stereocenters. The molecule has 1 aliphatic heterocycles. The Morgan fingerprint density at radius 1 is 1.02 bits per heavy atom. The standard InChI is InChI=1S/C32H40ClIN6O8S2/c1-36(2)50(45,46)40-16-14-39(15-17-40)21-8-10-22(11-9-21)47-20-27-29(26(19-34)35-38(27)4)28-25(33)13-12-24-23(7-6-18-48-49(5,43)44)31(32(41)42)37(3)30(24)28/h8-13H,6-7,14-20H2,1-5H3,(H,41,42). The van der Waals surface area contributed by atoms with Gasteiger partial charge in [0.25, 0.3) is 20.3 Å². The molecular formula is C32H40ClIN6O8S2. The van der Waals surface area contributed by atoms with Crippen LogP contribution in [-0.4, -0.2) is 104 Å². The van der Waals surface area contributed by atoms with Crippen molar-refractivity contribution in [3.8, 4) is 16.9 Å². The molecule has 0 aliphatic carbocycles. The lowest BCUT2D eigenvalue weighted by Gasteiger charge is -2.36. The van der Waals surface area contributed by atoms with Gasteiger partial charge in [-0.3, -0.25) is 8.86 Å². The highest BCUT2D eigenvalue weighted by atomic mass is 127. The van der Waals surface area contributed by atoms with Crippen molar-refractivity contribution in [2.24, 2.45) is 14.1 Å². The number of halogens is 2. The van der Waals surface area contributed by atoms with Crippen LogP contribution in [0.4, 0.5) is 5.69 Å². The highest BCUT2D eigenvalue weighted by molar-refractivity contribution is 14.1. The maximum Gasteiger partial charge on any atom is 0.352 e. The summed E-state index contributed by atoms with van der Waals surface area (Å²) in [7, 11) is -0.506. The van der Waals surface area contributed by atoms with Crippen LogP contribution in [0.1, 0.15) is 33.9 Å². The van der Waals surface area contributed by atoms with Gasteiger partial charge in [0.15, 0.2) is 0 Å². The zero-order chi connectivity index (χ0) is 36.5. The van der Waals surface area contributed by atoms with E-state index in [1.807, 2.05) is 31.3 Å². The zero-order valence-corrected chi connectivity index (χ0v) is 32.9. The van der Waals surface area contributed by atoms with E-state index in [0.717, 1.165) is 28.9 Å². The number of benzene rings is 2. The van der Waals surface area contributed by atoms with Gasteiger partial charge in [-0.1, -0.05) is 40.3 Å². The maximum atomic E-state index is 12.5. The predicted octanol–water partition coefficient (Wildman–Crippen LogP) is 4.28. The molecule has 14 nitrogen and oxygen atoms in total. The highest BCUT2D eigenvalue weighted by Gasteiger charge is 2.30. The number of aryl methyl sites for hydroxylation is 3. The lowest BCUT2D eigenvalue weighted by atomic mass is 9.98. The summed E-state index contributed by atoms with van der Waals surface area (Å²) in [6, 6.07) is 11.2. The Bertz CT molecular complexity index is 2110. The van der Waals surface area contributed by atoms with E-state index in [1.54, 1.807) is 28.4 Å². The zero-order valence-electron chi connectivity index (χ0n) is 28.4. The van der Waals surface area contributed by atoms with Crippen molar-refractivity contribution in [2.75, 3.05) is 58.0 Å². The Kier molecular flexibility index (Phi) is 11.8. The largest absolute Gasteiger partial charge is 0.487 e. The lowest BCUT2D eigenvalue weighted by Crippen LogP contribution is -2.51. The molecule has 0 unspecified atom stereocenters. The minimum atomic E-state index is -3.63. The van der Waals surface area contributed by atoms with Crippen LogP contribution in [0.15, 0.2) is 36.4 Å². The first-order valence-corrected chi connectivity index (χ1v) is 20.8. The number of carbonyl (C=O) groups is 1. The van der Waals surface area contributed by atoms with Crippen LogP contribution in [0.2, 0.25) is 5.02 Å². The molecule has 0 amide bonds. The molecule has 4 aromatic rings. The van der Waals surface area contributed by atoms with E-state index in [0.29, 0.717) is 69.8 Å². The second-order valence-corrected chi connectivity index (χ2v) is 17.1. The minimum absolute atomic E-state index is 0.0729. The van der Waals surface area contributed by atoms with Crippen LogP contribution in [0, 0.1) is 0 Å². The monoisotopic (exact) mass is 862 g/mol. The van der Waals surface area contributed by atoms with E-state index in [1.165, 1.54) is 22.7 Å². The number of carboxylic acid groups (broad SMARTS) is 1. The number of alkyl halides is 1. The van der Waals surface area contributed by atoms with Crippen LogP contribution < -0.4 is 9.64 Å². The van der Waals surface area contributed by atoms with E-state index in [4.69, 9.17) is 25.6 Å². The average molecular weight is 863 g/mol. The number of hydrogen-bond acceptors (Lipinski definition) is 9. The van der Waals surface area contributed by atoms with Crippen molar-refractivity contribution in [1.82, 2.24) is 23.0 Å². The van der Waals surface area contributed by atoms with Crippen molar-refractivity contribution in [3.63, 3.8) is 0 Å².